The molecule has 0 aliphatic carbocycles. The molecule has 0 amide bonds. The van der Waals surface area contributed by atoms with Gasteiger partial charge in [0.2, 0.25) is 0 Å². The van der Waals surface area contributed by atoms with Crippen LogP contribution in [0.5, 0.6) is 11.5 Å². The van der Waals surface area contributed by atoms with Crippen molar-refractivity contribution in [1.29, 1.82) is 0 Å². The third-order valence-electron chi connectivity index (χ3n) is 4.77. The number of nitrogens with zero attached hydrogens (tertiary/aromatic N) is 1. The molecule has 0 bridgehead atoms. The molecule has 0 saturated carbocycles. The monoisotopic (exact) mass is 389 g/mol. The van der Waals surface area contributed by atoms with E-state index in [4.69, 9.17) is 9.47 Å². The molecule has 1 aromatic heterocycles. The van der Waals surface area contributed by atoms with E-state index in [-0.39, 0.29) is 0 Å². The molecule has 0 radical (unpaired) electrons. The highest BCUT2D eigenvalue weighted by Crippen LogP contribution is 2.30. The Kier molecular flexibility index (Phi) is 5.77. The Balaban J connectivity index is 1.51. The second-order valence-corrected chi connectivity index (χ2v) is 6.70. The Morgan fingerprint density at radius 1 is 0.821 bits per heavy atom. The van der Waals surface area contributed by atoms with Crippen LogP contribution in [0.2, 0.25) is 0 Å². The van der Waals surface area contributed by atoms with Crippen LogP contribution in [-0.2, 0) is 6.18 Å². The summed E-state index contributed by atoms with van der Waals surface area (Å²) in [5.74, 6) is 1.17. The number of halogens is 3. The van der Waals surface area contributed by atoms with Crippen LogP contribution in [0.4, 0.5) is 13.2 Å². The van der Waals surface area contributed by atoms with E-state index in [0.29, 0.717) is 25.4 Å². The van der Waals surface area contributed by atoms with E-state index in [1.54, 1.807) is 0 Å². The second kappa shape index (κ2) is 8.09. The molecule has 28 heavy (non-hydrogen) atoms. The van der Waals surface area contributed by atoms with Gasteiger partial charge in [-0.25, -0.2) is 0 Å². The maximum absolute atomic E-state index is 12.5. The number of aromatic nitrogens is 1. The van der Waals surface area contributed by atoms with Crippen LogP contribution >= 0.6 is 0 Å². The summed E-state index contributed by atoms with van der Waals surface area (Å²) < 4.78 is 48.9. The maximum atomic E-state index is 12.5. The summed E-state index contributed by atoms with van der Waals surface area (Å²) in [5, 5.41) is 1.07. The number of hydrogen-bond acceptors (Lipinski definition) is 3. The zero-order valence-electron chi connectivity index (χ0n) is 16.1. The minimum absolute atomic E-state index is 0.359. The number of hydrogen-bond donors (Lipinski definition) is 0. The average Bonchev–Trinajstić information content (AvgIpc) is 2.66. The van der Waals surface area contributed by atoms with Crippen LogP contribution in [0.1, 0.15) is 28.8 Å². The van der Waals surface area contributed by atoms with Crippen molar-refractivity contribution in [2.45, 2.75) is 33.4 Å². The maximum Gasteiger partial charge on any atom is 0.416 e. The van der Waals surface area contributed by atoms with Gasteiger partial charge >= 0.3 is 6.18 Å². The smallest absolute Gasteiger partial charge is 0.416 e. The van der Waals surface area contributed by atoms with Crippen LogP contribution in [0.25, 0.3) is 10.9 Å². The molecule has 0 fully saturated rings. The molecule has 3 aromatic rings. The standard InChI is InChI=1S/C22H22F3NO2/c1-14-15(2)20-13-19(9-10-21(20)26-16(14)3)28-12-4-11-27-18-7-5-17(6-8-18)22(23,24)25/h5-10,13H,4,11-12H2,1-3H3. The van der Waals surface area contributed by atoms with Crippen molar-refractivity contribution in [2.75, 3.05) is 13.2 Å². The first-order valence-electron chi connectivity index (χ1n) is 9.06. The van der Waals surface area contributed by atoms with Crippen molar-refractivity contribution in [3.63, 3.8) is 0 Å². The zero-order chi connectivity index (χ0) is 20.3. The summed E-state index contributed by atoms with van der Waals surface area (Å²) in [6, 6.07) is 10.5. The summed E-state index contributed by atoms with van der Waals surface area (Å²) in [5.41, 5.74) is 3.65. The molecule has 6 heteroatoms. The van der Waals surface area contributed by atoms with Gasteiger partial charge in [0, 0.05) is 17.5 Å². The Morgan fingerprint density at radius 3 is 2.07 bits per heavy atom. The molecular formula is C22H22F3NO2. The lowest BCUT2D eigenvalue weighted by atomic mass is 10.0. The van der Waals surface area contributed by atoms with Crippen LogP contribution in [-0.4, -0.2) is 18.2 Å². The molecule has 148 valence electrons. The Bertz CT molecular complexity index is 966. The number of pyridine rings is 1. The number of alkyl halides is 3. The number of rotatable bonds is 6. The van der Waals surface area contributed by atoms with E-state index in [0.717, 1.165) is 34.5 Å². The molecule has 3 nitrogen and oxygen atoms in total. The second-order valence-electron chi connectivity index (χ2n) is 6.70. The number of ether oxygens (including phenoxy) is 2. The van der Waals surface area contributed by atoms with Gasteiger partial charge in [0.1, 0.15) is 11.5 Å². The molecule has 0 saturated heterocycles. The topological polar surface area (TPSA) is 31.4 Å². The first-order valence-corrected chi connectivity index (χ1v) is 9.06. The molecule has 2 aromatic carbocycles. The van der Waals surface area contributed by atoms with Crippen molar-refractivity contribution >= 4 is 10.9 Å². The lowest BCUT2D eigenvalue weighted by Crippen LogP contribution is -2.06. The molecule has 0 atom stereocenters. The van der Waals surface area contributed by atoms with Crippen LogP contribution in [0, 0.1) is 20.8 Å². The van der Waals surface area contributed by atoms with E-state index < -0.39 is 11.7 Å². The van der Waals surface area contributed by atoms with Crippen molar-refractivity contribution in [3.05, 3.63) is 64.8 Å². The average molecular weight is 389 g/mol. The van der Waals surface area contributed by atoms with E-state index in [2.05, 4.69) is 18.8 Å². The third-order valence-corrected chi connectivity index (χ3v) is 4.77. The van der Waals surface area contributed by atoms with Gasteiger partial charge in [-0.2, -0.15) is 13.2 Å². The summed E-state index contributed by atoms with van der Waals surface area (Å²) >= 11 is 0. The largest absolute Gasteiger partial charge is 0.493 e. The SMILES string of the molecule is Cc1nc2ccc(OCCCOc3ccc(C(F)(F)F)cc3)cc2c(C)c1C. The summed E-state index contributed by atoms with van der Waals surface area (Å²) in [7, 11) is 0. The van der Waals surface area contributed by atoms with Crippen molar-refractivity contribution in [1.82, 2.24) is 4.98 Å². The molecular weight excluding hydrogens is 367 g/mol. The van der Waals surface area contributed by atoms with E-state index >= 15 is 0 Å². The first kappa shape index (κ1) is 20.0. The van der Waals surface area contributed by atoms with Crippen molar-refractivity contribution < 1.29 is 22.6 Å². The molecule has 0 spiro atoms. The quantitative estimate of drug-likeness (QED) is 0.483. The Labute approximate surface area is 162 Å². The molecule has 0 unspecified atom stereocenters. The van der Waals surface area contributed by atoms with Crippen LogP contribution in [0.3, 0.4) is 0 Å². The van der Waals surface area contributed by atoms with Gasteiger partial charge in [0.15, 0.2) is 0 Å². The predicted molar refractivity (Wildman–Crippen MR) is 103 cm³/mol. The van der Waals surface area contributed by atoms with Gasteiger partial charge in [0.25, 0.3) is 0 Å². The number of aryl methyl sites for hydroxylation is 2. The van der Waals surface area contributed by atoms with Crippen molar-refractivity contribution in [2.24, 2.45) is 0 Å². The highest BCUT2D eigenvalue weighted by Gasteiger charge is 2.29. The molecule has 0 aliphatic heterocycles. The predicted octanol–water partition coefficient (Wildman–Crippen LogP) is 6.03. The van der Waals surface area contributed by atoms with Gasteiger partial charge < -0.3 is 9.47 Å². The van der Waals surface area contributed by atoms with E-state index in [1.807, 2.05) is 25.1 Å². The number of fused-ring (bicyclic) bond motifs is 1. The molecule has 1 heterocycles. The van der Waals surface area contributed by atoms with E-state index in [1.165, 1.54) is 23.3 Å². The lowest BCUT2D eigenvalue weighted by Gasteiger charge is -2.12. The van der Waals surface area contributed by atoms with Gasteiger partial charge in [-0.1, -0.05) is 0 Å². The van der Waals surface area contributed by atoms with Crippen LogP contribution < -0.4 is 9.47 Å². The number of benzene rings is 2. The molecule has 0 N–H and O–H groups in total. The van der Waals surface area contributed by atoms with Crippen LogP contribution in [0.15, 0.2) is 42.5 Å². The lowest BCUT2D eigenvalue weighted by molar-refractivity contribution is -0.137. The zero-order valence-corrected chi connectivity index (χ0v) is 16.1. The van der Waals surface area contributed by atoms with Gasteiger partial charge in [-0.15, -0.1) is 0 Å². The molecule has 0 aliphatic rings. The normalized spacial score (nSPS) is 11.6. The fourth-order valence-electron chi connectivity index (χ4n) is 2.92. The summed E-state index contributed by atoms with van der Waals surface area (Å²) in [4.78, 5) is 4.60. The highest BCUT2D eigenvalue weighted by molar-refractivity contribution is 5.84. The minimum atomic E-state index is -4.34. The summed E-state index contributed by atoms with van der Waals surface area (Å²) in [6.07, 6.45) is -3.72. The Hall–Kier alpha value is -2.76. The molecule has 3 rings (SSSR count). The van der Waals surface area contributed by atoms with Gasteiger partial charge in [0.05, 0.1) is 24.3 Å². The fraction of sp³-hybridized carbons (Fsp3) is 0.318. The van der Waals surface area contributed by atoms with E-state index in [9.17, 15) is 13.2 Å². The van der Waals surface area contributed by atoms with Gasteiger partial charge in [-0.05, 0) is 74.4 Å². The minimum Gasteiger partial charge on any atom is -0.493 e. The van der Waals surface area contributed by atoms with Crippen molar-refractivity contribution in [3.8, 4) is 11.5 Å². The summed E-state index contributed by atoms with van der Waals surface area (Å²) in [6.45, 7) is 6.95. The fourth-order valence-corrected chi connectivity index (χ4v) is 2.92. The Morgan fingerprint density at radius 2 is 1.43 bits per heavy atom. The van der Waals surface area contributed by atoms with Gasteiger partial charge in [-0.3, -0.25) is 4.98 Å². The highest BCUT2D eigenvalue weighted by atomic mass is 19.4. The first-order chi connectivity index (χ1) is 13.3. The third kappa shape index (κ3) is 4.55.